The van der Waals surface area contributed by atoms with E-state index >= 15 is 0 Å². The third-order valence-corrected chi connectivity index (χ3v) is 4.99. The molecular formula is C18H26ClN3O2. The fourth-order valence-electron chi connectivity index (χ4n) is 3.78. The van der Waals surface area contributed by atoms with Gasteiger partial charge in [0.2, 0.25) is 11.8 Å². The number of nitrogens with one attached hydrogen (secondary N) is 1. The quantitative estimate of drug-likeness (QED) is 0.876. The molecule has 0 spiro atoms. The van der Waals surface area contributed by atoms with Gasteiger partial charge in [-0.15, -0.1) is 12.4 Å². The Hall–Kier alpha value is -1.59. The Morgan fingerprint density at radius 2 is 1.92 bits per heavy atom. The van der Waals surface area contributed by atoms with Crippen molar-refractivity contribution in [1.82, 2.24) is 5.32 Å². The van der Waals surface area contributed by atoms with E-state index in [2.05, 4.69) is 5.32 Å². The maximum atomic E-state index is 12.7. The Morgan fingerprint density at radius 3 is 2.58 bits per heavy atom. The standard InChI is InChI=1S/C18H25N3O2.ClH/c1-12-10-16(18(23)21(12)15-8-3-2-4-9-15)20-17(22)13-6-5-7-14(19)11-13;/h2-4,8-9,12-14,16H,5-7,10-11,19H2,1H3,(H,20,22);1H. The van der Waals surface area contributed by atoms with Gasteiger partial charge in [0, 0.05) is 23.7 Å². The molecule has 0 radical (unpaired) electrons. The molecule has 4 unspecified atom stereocenters. The van der Waals surface area contributed by atoms with Crippen molar-refractivity contribution >= 4 is 29.9 Å². The number of halogens is 1. The third kappa shape index (κ3) is 3.90. The van der Waals surface area contributed by atoms with E-state index in [0.29, 0.717) is 6.42 Å². The normalized spacial score (nSPS) is 29.9. The van der Waals surface area contributed by atoms with Crippen molar-refractivity contribution in [3.05, 3.63) is 30.3 Å². The topological polar surface area (TPSA) is 75.4 Å². The maximum Gasteiger partial charge on any atom is 0.249 e. The number of nitrogens with zero attached hydrogens (tertiary/aromatic N) is 1. The van der Waals surface area contributed by atoms with Gasteiger partial charge in [0.15, 0.2) is 0 Å². The van der Waals surface area contributed by atoms with Crippen LogP contribution < -0.4 is 16.0 Å². The second-order valence-corrected chi connectivity index (χ2v) is 6.81. The average Bonchev–Trinajstić information content (AvgIpc) is 2.82. The highest BCUT2D eigenvalue weighted by atomic mass is 35.5. The van der Waals surface area contributed by atoms with Crippen LogP contribution in [0.1, 0.15) is 39.0 Å². The number of carbonyl (C=O) groups is 2. The van der Waals surface area contributed by atoms with E-state index in [4.69, 9.17) is 5.73 Å². The van der Waals surface area contributed by atoms with E-state index in [1.54, 1.807) is 4.90 Å². The van der Waals surface area contributed by atoms with Crippen LogP contribution in [0.2, 0.25) is 0 Å². The molecule has 1 saturated carbocycles. The molecule has 1 aliphatic carbocycles. The number of para-hydroxylation sites is 1. The number of rotatable bonds is 3. The fourth-order valence-corrected chi connectivity index (χ4v) is 3.78. The summed E-state index contributed by atoms with van der Waals surface area (Å²) in [5.41, 5.74) is 6.85. The summed E-state index contributed by atoms with van der Waals surface area (Å²) < 4.78 is 0. The van der Waals surface area contributed by atoms with Gasteiger partial charge in [-0.25, -0.2) is 0 Å². The van der Waals surface area contributed by atoms with Crippen molar-refractivity contribution in [3.63, 3.8) is 0 Å². The van der Waals surface area contributed by atoms with E-state index in [-0.39, 0.29) is 42.2 Å². The molecule has 1 aromatic carbocycles. The van der Waals surface area contributed by atoms with Crippen molar-refractivity contribution in [2.24, 2.45) is 11.7 Å². The molecule has 0 bridgehead atoms. The van der Waals surface area contributed by atoms with Crippen molar-refractivity contribution in [1.29, 1.82) is 0 Å². The molecule has 5 nitrogen and oxygen atoms in total. The number of nitrogens with two attached hydrogens (primary N) is 1. The summed E-state index contributed by atoms with van der Waals surface area (Å²) in [6.45, 7) is 2.02. The van der Waals surface area contributed by atoms with E-state index in [9.17, 15) is 9.59 Å². The van der Waals surface area contributed by atoms with Crippen LogP contribution in [0.4, 0.5) is 5.69 Å². The van der Waals surface area contributed by atoms with Gasteiger partial charge < -0.3 is 16.0 Å². The Bertz CT molecular complexity index is 581. The lowest BCUT2D eigenvalue weighted by Gasteiger charge is -2.26. The lowest BCUT2D eigenvalue weighted by atomic mass is 9.85. The van der Waals surface area contributed by atoms with E-state index in [1.165, 1.54) is 0 Å². The summed E-state index contributed by atoms with van der Waals surface area (Å²) in [5, 5.41) is 2.96. The van der Waals surface area contributed by atoms with Gasteiger partial charge in [0.1, 0.15) is 6.04 Å². The van der Waals surface area contributed by atoms with Crippen LogP contribution in [-0.2, 0) is 9.59 Å². The van der Waals surface area contributed by atoms with E-state index < -0.39 is 6.04 Å². The number of amides is 2. The Morgan fingerprint density at radius 1 is 1.21 bits per heavy atom. The van der Waals surface area contributed by atoms with E-state index in [0.717, 1.165) is 31.4 Å². The SMILES string of the molecule is CC1CC(NC(=O)C2CCCC(N)C2)C(=O)N1c1ccccc1.Cl. The summed E-state index contributed by atoms with van der Waals surface area (Å²) in [5.74, 6) is -0.0783. The van der Waals surface area contributed by atoms with Crippen LogP contribution in [0, 0.1) is 5.92 Å². The average molecular weight is 352 g/mol. The van der Waals surface area contributed by atoms with Crippen LogP contribution in [0.25, 0.3) is 0 Å². The predicted octanol–water partition coefficient (Wildman–Crippen LogP) is 2.24. The summed E-state index contributed by atoms with van der Waals surface area (Å²) in [6.07, 6.45) is 4.23. The number of anilines is 1. The monoisotopic (exact) mass is 351 g/mol. The second kappa shape index (κ2) is 7.99. The first kappa shape index (κ1) is 18.7. The van der Waals surface area contributed by atoms with Gasteiger partial charge in [0.25, 0.3) is 0 Å². The number of benzene rings is 1. The molecule has 1 saturated heterocycles. The van der Waals surface area contributed by atoms with E-state index in [1.807, 2.05) is 37.3 Å². The molecule has 2 aliphatic rings. The van der Waals surface area contributed by atoms with Crippen LogP contribution in [-0.4, -0.2) is 29.9 Å². The molecule has 1 aliphatic heterocycles. The molecule has 6 heteroatoms. The minimum absolute atomic E-state index is 0. The Kier molecular flexibility index (Phi) is 6.24. The largest absolute Gasteiger partial charge is 0.344 e. The lowest BCUT2D eigenvalue weighted by molar-refractivity contribution is -0.130. The first-order valence-electron chi connectivity index (χ1n) is 8.50. The number of carbonyl (C=O) groups excluding carboxylic acids is 2. The van der Waals surface area contributed by atoms with Crippen molar-refractivity contribution in [2.45, 2.75) is 57.2 Å². The fraction of sp³-hybridized carbons (Fsp3) is 0.556. The molecule has 3 N–H and O–H groups in total. The van der Waals surface area contributed by atoms with Crippen LogP contribution >= 0.6 is 12.4 Å². The first-order chi connectivity index (χ1) is 11.1. The van der Waals surface area contributed by atoms with Gasteiger partial charge in [0.05, 0.1) is 0 Å². The molecule has 132 valence electrons. The minimum Gasteiger partial charge on any atom is -0.344 e. The summed E-state index contributed by atoms with van der Waals surface area (Å²) in [4.78, 5) is 26.9. The molecule has 24 heavy (non-hydrogen) atoms. The second-order valence-electron chi connectivity index (χ2n) is 6.81. The molecule has 4 atom stereocenters. The lowest BCUT2D eigenvalue weighted by Crippen LogP contribution is -2.46. The highest BCUT2D eigenvalue weighted by molar-refractivity contribution is 6.02. The highest BCUT2D eigenvalue weighted by Gasteiger charge is 2.39. The number of hydrogen-bond acceptors (Lipinski definition) is 3. The van der Waals surface area contributed by atoms with Crippen molar-refractivity contribution < 1.29 is 9.59 Å². The van der Waals surface area contributed by atoms with Gasteiger partial charge in [-0.2, -0.15) is 0 Å². The highest BCUT2D eigenvalue weighted by Crippen LogP contribution is 2.28. The molecule has 2 amide bonds. The molecule has 3 rings (SSSR count). The smallest absolute Gasteiger partial charge is 0.249 e. The van der Waals surface area contributed by atoms with Gasteiger partial charge >= 0.3 is 0 Å². The molecule has 1 aromatic rings. The maximum absolute atomic E-state index is 12.7. The van der Waals surface area contributed by atoms with Gasteiger partial charge in [-0.05, 0) is 44.7 Å². The summed E-state index contributed by atoms with van der Waals surface area (Å²) in [6, 6.07) is 9.41. The molecule has 0 aromatic heterocycles. The van der Waals surface area contributed by atoms with Crippen molar-refractivity contribution in [3.8, 4) is 0 Å². The van der Waals surface area contributed by atoms with Crippen molar-refractivity contribution in [2.75, 3.05) is 4.90 Å². The minimum atomic E-state index is -0.421. The predicted molar refractivity (Wildman–Crippen MR) is 97.1 cm³/mol. The Balaban J connectivity index is 0.00000208. The molecule has 2 fully saturated rings. The zero-order valence-electron chi connectivity index (χ0n) is 14.0. The summed E-state index contributed by atoms with van der Waals surface area (Å²) in [7, 11) is 0. The van der Waals surface area contributed by atoms with Gasteiger partial charge in [-0.3, -0.25) is 9.59 Å². The van der Waals surface area contributed by atoms with Crippen LogP contribution in [0.5, 0.6) is 0 Å². The summed E-state index contributed by atoms with van der Waals surface area (Å²) >= 11 is 0. The molecule has 1 heterocycles. The third-order valence-electron chi connectivity index (χ3n) is 4.99. The zero-order chi connectivity index (χ0) is 16.4. The number of hydrogen-bond donors (Lipinski definition) is 2. The van der Waals surface area contributed by atoms with Crippen LogP contribution in [0.3, 0.4) is 0 Å². The van der Waals surface area contributed by atoms with Gasteiger partial charge in [-0.1, -0.05) is 24.6 Å². The Labute approximate surface area is 149 Å². The zero-order valence-corrected chi connectivity index (χ0v) is 14.8. The molecular weight excluding hydrogens is 326 g/mol. The first-order valence-corrected chi connectivity index (χ1v) is 8.50. The van der Waals surface area contributed by atoms with Crippen LogP contribution in [0.15, 0.2) is 30.3 Å².